The Morgan fingerprint density at radius 3 is 2.83 bits per heavy atom. The zero-order valence-electron chi connectivity index (χ0n) is 16.5. The third-order valence-electron chi connectivity index (χ3n) is 5.04. The van der Waals surface area contributed by atoms with Crippen molar-refractivity contribution in [2.24, 2.45) is 7.05 Å². The van der Waals surface area contributed by atoms with Gasteiger partial charge in [-0.1, -0.05) is 5.16 Å². The summed E-state index contributed by atoms with van der Waals surface area (Å²) in [6.45, 7) is 3.00. The van der Waals surface area contributed by atoms with Gasteiger partial charge in [0.05, 0.1) is 24.3 Å². The zero-order chi connectivity index (χ0) is 20.5. The predicted octanol–water partition coefficient (Wildman–Crippen LogP) is 1.99. The molecule has 3 aromatic heterocycles. The molecule has 0 aromatic carbocycles. The van der Waals surface area contributed by atoms with Crippen LogP contribution in [0.25, 0.3) is 22.5 Å². The van der Waals surface area contributed by atoms with Crippen LogP contribution in [-0.2, 0) is 18.4 Å². The second-order valence-electron chi connectivity index (χ2n) is 6.91. The van der Waals surface area contributed by atoms with Gasteiger partial charge in [0, 0.05) is 26.3 Å². The van der Waals surface area contributed by atoms with E-state index < -0.39 is 6.09 Å². The fourth-order valence-corrected chi connectivity index (χ4v) is 3.57. The molecule has 4 heterocycles. The van der Waals surface area contributed by atoms with Crippen LogP contribution < -0.4 is 4.74 Å². The minimum absolute atomic E-state index is 0.0295. The quantitative estimate of drug-likeness (QED) is 0.681. The molecule has 11 heteroatoms. The monoisotopic (exact) mass is 402 g/mol. The average Bonchev–Trinajstić information content (AvgIpc) is 3.30. The van der Waals surface area contributed by atoms with Crippen molar-refractivity contribution in [3.63, 3.8) is 0 Å². The first-order valence-electron chi connectivity index (χ1n) is 9.26. The molecule has 1 N–H and O–H groups in total. The van der Waals surface area contributed by atoms with E-state index in [1.54, 1.807) is 18.0 Å². The first kappa shape index (κ1) is 19.1. The van der Waals surface area contributed by atoms with E-state index in [0.29, 0.717) is 54.6 Å². The molecule has 0 spiro atoms. The Labute approximate surface area is 166 Å². The van der Waals surface area contributed by atoms with Crippen LogP contribution in [0.5, 0.6) is 5.75 Å². The van der Waals surface area contributed by atoms with E-state index in [4.69, 9.17) is 19.1 Å². The first-order chi connectivity index (χ1) is 14.0. The van der Waals surface area contributed by atoms with Gasteiger partial charge in [0.2, 0.25) is 0 Å². The lowest BCUT2D eigenvalue weighted by Crippen LogP contribution is -2.40. The molecule has 4 rings (SSSR count). The number of hydrogen-bond acceptors (Lipinski definition) is 8. The number of carbonyl (C=O) groups is 1. The number of methoxy groups -OCH3 is 1. The number of aryl methyl sites for hydroxylation is 2. The number of aromatic nitrogens is 5. The molecule has 0 unspecified atom stereocenters. The molecular formula is C18H22N6O5. The van der Waals surface area contributed by atoms with Gasteiger partial charge in [-0.15, -0.1) is 0 Å². The molecule has 0 saturated carbocycles. The van der Waals surface area contributed by atoms with Crippen molar-refractivity contribution in [2.75, 3.05) is 20.2 Å². The van der Waals surface area contributed by atoms with Crippen molar-refractivity contribution in [2.45, 2.75) is 32.5 Å². The summed E-state index contributed by atoms with van der Waals surface area (Å²) < 4.78 is 18.5. The van der Waals surface area contributed by atoms with Gasteiger partial charge < -0.3 is 24.0 Å². The molecule has 1 saturated heterocycles. The molecule has 0 atom stereocenters. The third-order valence-corrected chi connectivity index (χ3v) is 5.04. The molecule has 1 amide bonds. The van der Waals surface area contributed by atoms with Crippen molar-refractivity contribution in [1.29, 1.82) is 0 Å². The normalized spacial score (nSPS) is 15.2. The maximum atomic E-state index is 11.0. The SMILES string of the molecule is COc1c(-c2nc(COC3CCN(C(=O)O)CC3)no2)cnc2c1c(C)nn2C. The smallest absolute Gasteiger partial charge is 0.407 e. The summed E-state index contributed by atoms with van der Waals surface area (Å²) in [5.41, 5.74) is 2.09. The number of rotatable bonds is 5. The summed E-state index contributed by atoms with van der Waals surface area (Å²) in [6.07, 6.45) is 1.99. The highest BCUT2D eigenvalue weighted by atomic mass is 16.5. The average molecular weight is 402 g/mol. The van der Waals surface area contributed by atoms with Crippen molar-refractivity contribution < 1.29 is 23.9 Å². The lowest BCUT2D eigenvalue weighted by atomic mass is 10.1. The summed E-state index contributed by atoms with van der Waals surface area (Å²) in [6, 6.07) is 0. The van der Waals surface area contributed by atoms with E-state index in [1.165, 1.54) is 4.90 Å². The maximum Gasteiger partial charge on any atom is 0.407 e. The Bertz CT molecular complexity index is 1040. The van der Waals surface area contributed by atoms with Crippen molar-refractivity contribution >= 4 is 17.1 Å². The van der Waals surface area contributed by atoms with Crippen LogP contribution in [0, 0.1) is 6.92 Å². The topological polar surface area (TPSA) is 129 Å². The van der Waals surface area contributed by atoms with Gasteiger partial charge in [-0.05, 0) is 19.8 Å². The van der Waals surface area contributed by atoms with E-state index in [9.17, 15) is 4.79 Å². The fourth-order valence-electron chi connectivity index (χ4n) is 3.57. The van der Waals surface area contributed by atoms with E-state index >= 15 is 0 Å². The molecule has 11 nitrogen and oxygen atoms in total. The number of hydrogen-bond donors (Lipinski definition) is 1. The fraction of sp³-hybridized carbons (Fsp3) is 0.500. The number of amides is 1. The standard InChI is InChI=1S/C18H22N6O5/c1-10-14-15(27-3)12(8-19-16(14)23(2)21-10)17-20-13(22-29-17)9-28-11-4-6-24(7-5-11)18(25)26/h8,11H,4-7,9H2,1-3H3,(H,25,26). The van der Waals surface area contributed by atoms with Crippen LogP contribution >= 0.6 is 0 Å². The van der Waals surface area contributed by atoms with Crippen LogP contribution in [0.3, 0.4) is 0 Å². The van der Waals surface area contributed by atoms with E-state index in [0.717, 1.165) is 11.1 Å². The second-order valence-corrected chi connectivity index (χ2v) is 6.91. The minimum atomic E-state index is -0.894. The number of ether oxygens (including phenoxy) is 2. The lowest BCUT2D eigenvalue weighted by Gasteiger charge is -2.29. The van der Waals surface area contributed by atoms with Crippen molar-refractivity contribution in [3.8, 4) is 17.2 Å². The van der Waals surface area contributed by atoms with Gasteiger partial charge >= 0.3 is 6.09 Å². The van der Waals surface area contributed by atoms with Gasteiger partial charge in [-0.2, -0.15) is 10.1 Å². The third kappa shape index (κ3) is 3.60. The molecule has 154 valence electrons. The second kappa shape index (κ2) is 7.66. The van der Waals surface area contributed by atoms with Crippen molar-refractivity contribution in [3.05, 3.63) is 17.7 Å². The molecule has 0 aliphatic carbocycles. The Hall–Kier alpha value is -3.21. The Kier molecular flexibility index (Phi) is 5.05. The summed E-state index contributed by atoms with van der Waals surface area (Å²) in [5.74, 6) is 1.28. The molecular weight excluding hydrogens is 380 g/mol. The van der Waals surface area contributed by atoms with Gasteiger partial charge in [-0.3, -0.25) is 4.68 Å². The first-order valence-corrected chi connectivity index (χ1v) is 9.26. The summed E-state index contributed by atoms with van der Waals surface area (Å²) in [4.78, 5) is 21.2. The van der Waals surface area contributed by atoms with Gasteiger partial charge in [0.25, 0.3) is 5.89 Å². The summed E-state index contributed by atoms with van der Waals surface area (Å²) >= 11 is 0. The van der Waals surface area contributed by atoms with E-state index in [-0.39, 0.29) is 12.7 Å². The minimum Gasteiger partial charge on any atom is -0.495 e. The molecule has 1 fully saturated rings. The Morgan fingerprint density at radius 2 is 2.14 bits per heavy atom. The largest absolute Gasteiger partial charge is 0.495 e. The van der Waals surface area contributed by atoms with Crippen LogP contribution in [0.2, 0.25) is 0 Å². The van der Waals surface area contributed by atoms with Crippen LogP contribution in [-0.4, -0.2) is 67.3 Å². The molecule has 1 aliphatic rings. The number of carboxylic acid groups (broad SMARTS) is 1. The van der Waals surface area contributed by atoms with Crippen LogP contribution in [0.4, 0.5) is 4.79 Å². The van der Waals surface area contributed by atoms with Crippen LogP contribution in [0.1, 0.15) is 24.4 Å². The van der Waals surface area contributed by atoms with Gasteiger partial charge in [0.1, 0.15) is 17.9 Å². The lowest BCUT2D eigenvalue weighted by molar-refractivity contribution is -0.00294. The molecule has 0 radical (unpaired) electrons. The molecule has 29 heavy (non-hydrogen) atoms. The highest BCUT2D eigenvalue weighted by Gasteiger charge is 2.24. The molecule has 0 bridgehead atoms. The molecule has 1 aliphatic heterocycles. The Balaban J connectivity index is 1.48. The zero-order valence-corrected chi connectivity index (χ0v) is 16.5. The number of pyridine rings is 1. The predicted molar refractivity (Wildman–Crippen MR) is 100 cm³/mol. The van der Waals surface area contributed by atoms with Crippen LogP contribution in [0.15, 0.2) is 10.7 Å². The summed E-state index contributed by atoms with van der Waals surface area (Å²) in [7, 11) is 3.40. The highest BCUT2D eigenvalue weighted by Crippen LogP contribution is 2.36. The summed E-state index contributed by atoms with van der Waals surface area (Å²) in [5, 5.41) is 18.2. The van der Waals surface area contributed by atoms with E-state index in [1.807, 2.05) is 14.0 Å². The maximum absolute atomic E-state index is 11.0. The highest BCUT2D eigenvalue weighted by molar-refractivity contribution is 5.91. The number of fused-ring (bicyclic) bond motifs is 1. The van der Waals surface area contributed by atoms with Gasteiger partial charge in [-0.25, -0.2) is 9.78 Å². The Morgan fingerprint density at radius 1 is 1.38 bits per heavy atom. The van der Waals surface area contributed by atoms with E-state index in [2.05, 4.69) is 20.2 Å². The molecule has 3 aromatic rings. The van der Waals surface area contributed by atoms with Gasteiger partial charge in [0.15, 0.2) is 11.5 Å². The number of likely N-dealkylation sites (tertiary alicyclic amines) is 1. The number of nitrogens with zero attached hydrogens (tertiary/aromatic N) is 6. The number of piperidine rings is 1. The van der Waals surface area contributed by atoms with Crippen molar-refractivity contribution in [1.82, 2.24) is 29.8 Å².